The van der Waals surface area contributed by atoms with Crippen LogP contribution in [0.4, 0.5) is 5.69 Å². The molecule has 0 saturated carbocycles. The van der Waals surface area contributed by atoms with Crippen molar-refractivity contribution in [2.45, 2.75) is 19.9 Å². The van der Waals surface area contributed by atoms with E-state index < -0.39 is 0 Å². The number of hydrogen-bond donors (Lipinski definition) is 2. The van der Waals surface area contributed by atoms with Crippen LogP contribution >= 0.6 is 0 Å². The van der Waals surface area contributed by atoms with Gasteiger partial charge in [-0.15, -0.1) is 0 Å². The summed E-state index contributed by atoms with van der Waals surface area (Å²) >= 11 is 0. The molecule has 0 bridgehead atoms. The molecule has 2 amide bonds. The molecule has 0 atom stereocenters. The summed E-state index contributed by atoms with van der Waals surface area (Å²) in [5, 5.41) is 10.5. The van der Waals surface area contributed by atoms with E-state index in [9.17, 15) is 9.59 Å². The zero-order chi connectivity index (χ0) is 22.3. The molecule has 0 spiro atoms. The van der Waals surface area contributed by atoms with Gasteiger partial charge in [-0.1, -0.05) is 30.3 Å². The van der Waals surface area contributed by atoms with Gasteiger partial charge < -0.3 is 10.6 Å². The Bertz CT molecular complexity index is 1200. The molecule has 2 N–H and O–H groups in total. The molecule has 0 unspecified atom stereocenters. The van der Waals surface area contributed by atoms with Gasteiger partial charge in [0, 0.05) is 48.9 Å². The minimum absolute atomic E-state index is 0.0922. The third kappa shape index (κ3) is 5.26. The number of rotatable bonds is 7. The van der Waals surface area contributed by atoms with Gasteiger partial charge in [-0.25, -0.2) is 4.68 Å². The third-order valence-corrected chi connectivity index (χ3v) is 4.88. The smallest absolute Gasteiger partial charge is 0.224 e. The Morgan fingerprint density at radius 2 is 1.66 bits per heavy atom. The van der Waals surface area contributed by atoms with Crippen LogP contribution in [0.1, 0.15) is 18.1 Å². The predicted molar refractivity (Wildman–Crippen MR) is 123 cm³/mol. The van der Waals surface area contributed by atoms with E-state index in [1.165, 1.54) is 6.92 Å². The van der Waals surface area contributed by atoms with Crippen LogP contribution in [-0.2, 0) is 22.6 Å². The van der Waals surface area contributed by atoms with Crippen molar-refractivity contribution in [3.63, 3.8) is 0 Å². The minimum atomic E-state index is -0.128. The summed E-state index contributed by atoms with van der Waals surface area (Å²) in [7, 11) is 0. The van der Waals surface area contributed by atoms with Crippen molar-refractivity contribution in [1.29, 1.82) is 0 Å². The van der Waals surface area contributed by atoms with Crippen LogP contribution < -0.4 is 10.6 Å². The molecule has 4 rings (SSSR count). The highest BCUT2D eigenvalue weighted by Crippen LogP contribution is 2.23. The Kier molecular flexibility index (Phi) is 6.36. The van der Waals surface area contributed by atoms with Gasteiger partial charge >= 0.3 is 0 Å². The van der Waals surface area contributed by atoms with Gasteiger partial charge in [0.25, 0.3) is 0 Å². The lowest BCUT2D eigenvalue weighted by molar-refractivity contribution is -0.120. The summed E-state index contributed by atoms with van der Waals surface area (Å²) in [4.78, 5) is 27.8. The molecule has 0 fully saturated rings. The van der Waals surface area contributed by atoms with E-state index in [1.807, 2.05) is 65.5 Å². The summed E-state index contributed by atoms with van der Waals surface area (Å²) in [5.74, 6) is -0.220. The van der Waals surface area contributed by atoms with Crippen LogP contribution in [0.3, 0.4) is 0 Å². The molecule has 7 nitrogen and oxygen atoms in total. The number of nitrogens with zero attached hydrogens (tertiary/aromatic N) is 3. The Morgan fingerprint density at radius 3 is 2.34 bits per heavy atom. The van der Waals surface area contributed by atoms with E-state index in [-0.39, 0.29) is 18.2 Å². The third-order valence-electron chi connectivity index (χ3n) is 4.88. The van der Waals surface area contributed by atoms with Crippen LogP contribution in [-0.4, -0.2) is 26.6 Å². The first kappa shape index (κ1) is 21.0. The summed E-state index contributed by atoms with van der Waals surface area (Å²) in [6.45, 7) is 1.81. The number of carbonyl (C=O) groups excluding carboxylic acids is 2. The van der Waals surface area contributed by atoms with Gasteiger partial charge in [-0.3, -0.25) is 14.6 Å². The van der Waals surface area contributed by atoms with Crippen LogP contribution in [0.25, 0.3) is 16.9 Å². The molecule has 4 aromatic rings. The number of para-hydroxylation sites is 1. The molecule has 0 aliphatic carbocycles. The number of nitrogens with one attached hydrogen (secondary N) is 2. The van der Waals surface area contributed by atoms with Crippen LogP contribution in [0.2, 0.25) is 0 Å². The minimum Gasteiger partial charge on any atom is -0.352 e. The van der Waals surface area contributed by atoms with E-state index in [4.69, 9.17) is 5.10 Å². The Morgan fingerprint density at radius 1 is 0.938 bits per heavy atom. The number of benzene rings is 2. The highest BCUT2D eigenvalue weighted by atomic mass is 16.2. The molecule has 0 saturated heterocycles. The molecule has 2 aromatic carbocycles. The summed E-state index contributed by atoms with van der Waals surface area (Å²) in [6, 6.07) is 20.9. The number of aromatic nitrogens is 3. The van der Waals surface area contributed by atoms with Gasteiger partial charge in [0.1, 0.15) is 0 Å². The molecule has 0 aliphatic rings. The monoisotopic (exact) mass is 425 g/mol. The van der Waals surface area contributed by atoms with Gasteiger partial charge in [0.05, 0.1) is 17.8 Å². The molecular weight excluding hydrogens is 402 g/mol. The van der Waals surface area contributed by atoms with E-state index in [0.717, 1.165) is 28.1 Å². The lowest BCUT2D eigenvalue weighted by Crippen LogP contribution is -2.24. The maximum absolute atomic E-state index is 12.6. The fraction of sp³-hybridized carbons (Fsp3) is 0.120. The first-order valence-corrected chi connectivity index (χ1v) is 10.3. The average Bonchev–Trinajstić information content (AvgIpc) is 3.24. The molecule has 32 heavy (non-hydrogen) atoms. The molecule has 2 aromatic heterocycles. The molecule has 160 valence electrons. The standard InChI is InChI=1S/C25H23N5O2/c1-18(31)28-22-9-7-19(8-10-22)15-24(32)27-16-21-17-30(23-5-3-2-4-6-23)29-25(21)20-11-13-26-14-12-20/h2-14,17H,15-16H2,1H3,(H,27,32)(H,28,31). The normalized spacial score (nSPS) is 10.5. The molecular formula is C25H23N5O2. The summed E-state index contributed by atoms with van der Waals surface area (Å²) in [5.41, 5.74) is 5.17. The highest BCUT2D eigenvalue weighted by molar-refractivity contribution is 5.88. The predicted octanol–water partition coefficient (Wildman–Crippen LogP) is 3.75. The number of pyridine rings is 1. The van der Waals surface area contributed by atoms with Crippen molar-refractivity contribution in [2.24, 2.45) is 0 Å². The highest BCUT2D eigenvalue weighted by Gasteiger charge is 2.13. The topological polar surface area (TPSA) is 88.9 Å². The Hall–Kier alpha value is -4.26. The summed E-state index contributed by atoms with van der Waals surface area (Å²) in [6.07, 6.45) is 5.64. The van der Waals surface area contributed by atoms with Crippen molar-refractivity contribution >= 4 is 17.5 Å². The quantitative estimate of drug-likeness (QED) is 0.472. The van der Waals surface area contributed by atoms with Crippen LogP contribution in [0, 0.1) is 0 Å². The fourth-order valence-electron chi connectivity index (χ4n) is 3.36. The van der Waals surface area contributed by atoms with Gasteiger partial charge in [-0.05, 0) is 42.0 Å². The van der Waals surface area contributed by atoms with E-state index in [0.29, 0.717) is 12.2 Å². The molecule has 2 heterocycles. The molecule has 0 aliphatic heterocycles. The first-order chi connectivity index (χ1) is 15.6. The van der Waals surface area contributed by atoms with Gasteiger partial charge in [-0.2, -0.15) is 5.10 Å². The maximum atomic E-state index is 12.6. The number of hydrogen-bond acceptors (Lipinski definition) is 4. The molecule has 0 radical (unpaired) electrons. The van der Waals surface area contributed by atoms with Gasteiger partial charge in [0.15, 0.2) is 0 Å². The number of anilines is 1. The van der Waals surface area contributed by atoms with Crippen LogP contribution in [0.5, 0.6) is 0 Å². The second-order valence-electron chi connectivity index (χ2n) is 7.35. The van der Waals surface area contributed by atoms with Crippen LogP contribution in [0.15, 0.2) is 85.3 Å². The fourth-order valence-corrected chi connectivity index (χ4v) is 3.36. The second-order valence-corrected chi connectivity index (χ2v) is 7.35. The second kappa shape index (κ2) is 9.70. The number of amides is 2. The molecule has 7 heteroatoms. The lowest BCUT2D eigenvalue weighted by atomic mass is 10.1. The van der Waals surface area contributed by atoms with Crippen molar-refractivity contribution in [3.05, 3.63) is 96.4 Å². The SMILES string of the molecule is CC(=O)Nc1ccc(CC(=O)NCc2cn(-c3ccccc3)nc2-c2ccncc2)cc1. The van der Waals surface area contributed by atoms with E-state index in [2.05, 4.69) is 15.6 Å². The van der Waals surface area contributed by atoms with Crippen molar-refractivity contribution in [2.75, 3.05) is 5.32 Å². The summed E-state index contributed by atoms with van der Waals surface area (Å²) < 4.78 is 1.82. The van der Waals surface area contributed by atoms with Crippen molar-refractivity contribution < 1.29 is 9.59 Å². The zero-order valence-electron chi connectivity index (χ0n) is 17.7. The zero-order valence-corrected chi connectivity index (χ0v) is 17.7. The number of carbonyl (C=O) groups is 2. The Balaban J connectivity index is 1.48. The Labute approximate surface area is 186 Å². The average molecular weight is 425 g/mol. The van der Waals surface area contributed by atoms with E-state index >= 15 is 0 Å². The van der Waals surface area contributed by atoms with E-state index in [1.54, 1.807) is 24.5 Å². The maximum Gasteiger partial charge on any atom is 0.224 e. The largest absolute Gasteiger partial charge is 0.352 e. The lowest BCUT2D eigenvalue weighted by Gasteiger charge is -2.07. The van der Waals surface area contributed by atoms with Crippen molar-refractivity contribution in [1.82, 2.24) is 20.1 Å². The van der Waals surface area contributed by atoms with Gasteiger partial charge in [0.2, 0.25) is 11.8 Å². The van der Waals surface area contributed by atoms with Crippen molar-refractivity contribution in [3.8, 4) is 16.9 Å². The first-order valence-electron chi connectivity index (χ1n) is 10.3.